The van der Waals surface area contributed by atoms with Crippen LogP contribution in [0.1, 0.15) is 33.1 Å². The molecule has 3 rings (SSSR count). The summed E-state index contributed by atoms with van der Waals surface area (Å²) in [6.07, 6.45) is 3.28. The van der Waals surface area contributed by atoms with E-state index in [2.05, 4.69) is 35.1 Å². The molecule has 2 aliphatic rings. The van der Waals surface area contributed by atoms with Crippen molar-refractivity contribution in [3.63, 3.8) is 0 Å². The number of piperazine rings is 1. The summed E-state index contributed by atoms with van der Waals surface area (Å²) in [6, 6.07) is 2.82. The van der Waals surface area contributed by atoms with Crippen molar-refractivity contribution in [3.8, 4) is 0 Å². The van der Waals surface area contributed by atoms with Gasteiger partial charge >= 0.3 is 0 Å². The van der Waals surface area contributed by atoms with Crippen LogP contribution in [-0.2, 0) is 0 Å². The standard InChI is InChI=1S/C16H21BrF2N2/c1-3-12-8-20-16(2,10-4-5-10)9-21(12)15-13(18)6-11(17)7-14(15)19/h6-7,10,12,20H,3-5,8-9H2,1-2H3. The van der Waals surface area contributed by atoms with Crippen LogP contribution < -0.4 is 10.2 Å². The maximum absolute atomic E-state index is 14.3. The predicted octanol–water partition coefficient (Wildman–Crippen LogP) is 4.08. The third-order valence-electron chi connectivity index (χ3n) is 4.90. The molecule has 1 aliphatic heterocycles. The third kappa shape index (κ3) is 2.82. The van der Waals surface area contributed by atoms with Crippen LogP contribution in [0.15, 0.2) is 16.6 Å². The average Bonchev–Trinajstić information content (AvgIpc) is 3.22. The maximum atomic E-state index is 14.3. The first kappa shape index (κ1) is 15.2. The topological polar surface area (TPSA) is 15.3 Å². The minimum absolute atomic E-state index is 0.0440. The van der Waals surface area contributed by atoms with Gasteiger partial charge in [-0.05, 0) is 44.2 Å². The first-order valence-corrected chi connectivity index (χ1v) is 8.40. The molecule has 2 fully saturated rings. The van der Waals surface area contributed by atoms with E-state index in [0.29, 0.717) is 16.9 Å². The summed E-state index contributed by atoms with van der Waals surface area (Å²) in [6.45, 7) is 5.68. The van der Waals surface area contributed by atoms with E-state index in [1.165, 1.54) is 25.0 Å². The number of nitrogens with one attached hydrogen (secondary N) is 1. The van der Waals surface area contributed by atoms with Gasteiger partial charge in [0, 0.05) is 29.1 Å². The van der Waals surface area contributed by atoms with E-state index < -0.39 is 11.6 Å². The van der Waals surface area contributed by atoms with Gasteiger partial charge in [0.05, 0.1) is 0 Å². The molecule has 1 saturated heterocycles. The molecule has 0 aromatic heterocycles. The molecule has 1 heterocycles. The van der Waals surface area contributed by atoms with Gasteiger partial charge < -0.3 is 10.2 Å². The minimum Gasteiger partial charge on any atom is -0.361 e. The van der Waals surface area contributed by atoms with Gasteiger partial charge in [-0.3, -0.25) is 0 Å². The molecule has 1 aromatic rings. The Bertz CT molecular complexity index is 524. The number of rotatable bonds is 3. The zero-order valence-electron chi connectivity index (χ0n) is 12.4. The zero-order valence-corrected chi connectivity index (χ0v) is 14.0. The lowest BCUT2D eigenvalue weighted by Crippen LogP contribution is -2.64. The summed E-state index contributed by atoms with van der Waals surface area (Å²) >= 11 is 3.15. The van der Waals surface area contributed by atoms with Crippen LogP contribution >= 0.6 is 15.9 Å². The summed E-state index contributed by atoms with van der Waals surface area (Å²) in [5, 5.41) is 3.61. The van der Waals surface area contributed by atoms with Crippen molar-refractivity contribution in [1.29, 1.82) is 0 Å². The molecular weight excluding hydrogens is 338 g/mol. The summed E-state index contributed by atoms with van der Waals surface area (Å²) in [5.74, 6) is -0.347. The highest BCUT2D eigenvalue weighted by Crippen LogP contribution is 2.43. The van der Waals surface area contributed by atoms with Gasteiger partial charge in [-0.25, -0.2) is 8.78 Å². The fourth-order valence-corrected chi connectivity index (χ4v) is 3.83. The van der Waals surface area contributed by atoms with Gasteiger partial charge in [-0.15, -0.1) is 0 Å². The zero-order chi connectivity index (χ0) is 15.2. The lowest BCUT2D eigenvalue weighted by Gasteiger charge is -2.47. The number of anilines is 1. The van der Waals surface area contributed by atoms with Gasteiger partial charge in [-0.2, -0.15) is 0 Å². The molecule has 0 spiro atoms. The Hall–Kier alpha value is -0.680. The quantitative estimate of drug-likeness (QED) is 0.875. The molecule has 116 valence electrons. The monoisotopic (exact) mass is 358 g/mol. The number of hydrogen-bond donors (Lipinski definition) is 1. The largest absolute Gasteiger partial charge is 0.361 e. The van der Waals surface area contributed by atoms with E-state index in [4.69, 9.17) is 0 Å². The lowest BCUT2D eigenvalue weighted by atomic mass is 9.90. The smallest absolute Gasteiger partial charge is 0.150 e. The Morgan fingerprint density at radius 2 is 1.95 bits per heavy atom. The third-order valence-corrected chi connectivity index (χ3v) is 5.36. The average molecular weight is 359 g/mol. The molecule has 2 nitrogen and oxygen atoms in total. The number of nitrogens with zero attached hydrogens (tertiary/aromatic N) is 1. The molecule has 5 heteroatoms. The van der Waals surface area contributed by atoms with Gasteiger partial charge in [-0.1, -0.05) is 22.9 Å². The van der Waals surface area contributed by atoms with Gasteiger partial charge in [0.1, 0.15) is 5.69 Å². The molecule has 0 amide bonds. The second-order valence-corrected chi connectivity index (χ2v) is 7.40. The van der Waals surface area contributed by atoms with Crippen LogP contribution in [0.4, 0.5) is 14.5 Å². The molecule has 1 N–H and O–H groups in total. The number of hydrogen-bond acceptors (Lipinski definition) is 2. The van der Waals surface area contributed by atoms with Crippen molar-refractivity contribution in [2.24, 2.45) is 5.92 Å². The van der Waals surface area contributed by atoms with E-state index in [1.54, 1.807) is 0 Å². The summed E-state index contributed by atoms with van der Waals surface area (Å²) in [7, 11) is 0. The molecule has 1 aliphatic carbocycles. The van der Waals surface area contributed by atoms with E-state index >= 15 is 0 Å². The molecule has 0 radical (unpaired) electrons. The molecule has 1 aromatic carbocycles. The Morgan fingerprint density at radius 3 is 2.48 bits per heavy atom. The normalized spacial score (nSPS) is 29.8. The maximum Gasteiger partial charge on any atom is 0.150 e. The summed E-state index contributed by atoms with van der Waals surface area (Å²) in [4.78, 5) is 1.94. The van der Waals surface area contributed by atoms with Crippen molar-refractivity contribution in [2.75, 3.05) is 18.0 Å². The fourth-order valence-electron chi connectivity index (χ4n) is 3.43. The van der Waals surface area contributed by atoms with Crippen LogP contribution in [0, 0.1) is 17.6 Å². The second-order valence-electron chi connectivity index (χ2n) is 6.48. The van der Waals surface area contributed by atoms with Crippen LogP contribution in [0.25, 0.3) is 0 Å². The highest BCUT2D eigenvalue weighted by atomic mass is 79.9. The number of benzene rings is 1. The minimum atomic E-state index is -0.486. The lowest BCUT2D eigenvalue weighted by molar-refractivity contribution is 0.250. The van der Waals surface area contributed by atoms with Crippen molar-refractivity contribution in [2.45, 2.75) is 44.7 Å². The fraction of sp³-hybridized carbons (Fsp3) is 0.625. The Labute approximate surface area is 133 Å². The van der Waals surface area contributed by atoms with Crippen molar-refractivity contribution < 1.29 is 8.78 Å². The first-order chi connectivity index (χ1) is 9.94. The van der Waals surface area contributed by atoms with Crippen LogP contribution in [-0.4, -0.2) is 24.7 Å². The Kier molecular flexibility index (Phi) is 3.99. The molecule has 2 unspecified atom stereocenters. The van der Waals surface area contributed by atoms with E-state index in [1.807, 2.05) is 4.90 Å². The van der Waals surface area contributed by atoms with Crippen molar-refractivity contribution in [3.05, 3.63) is 28.2 Å². The van der Waals surface area contributed by atoms with Crippen LogP contribution in [0.5, 0.6) is 0 Å². The van der Waals surface area contributed by atoms with Gasteiger partial charge in [0.15, 0.2) is 11.6 Å². The molecular formula is C16H21BrF2N2. The number of halogens is 3. The molecule has 0 bridgehead atoms. The van der Waals surface area contributed by atoms with Crippen LogP contribution in [0.2, 0.25) is 0 Å². The Balaban J connectivity index is 1.96. The van der Waals surface area contributed by atoms with E-state index in [0.717, 1.165) is 13.0 Å². The predicted molar refractivity (Wildman–Crippen MR) is 84.6 cm³/mol. The van der Waals surface area contributed by atoms with Crippen molar-refractivity contribution in [1.82, 2.24) is 5.32 Å². The highest BCUT2D eigenvalue weighted by Gasteiger charge is 2.46. The van der Waals surface area contributed by atoms with Gasteiger partial charge in [0.25, 0.3) is 0 Å². The Morgan fingerprint density at radius 1 is 1.33 bits per heavy atom. The summed E-state index contributed by atoms with van der Waals surface area (Å²) < 4.78 is 29.1. The van der Waals surface area contributed by atoms with Crippen LogP contribution in [0.3, 0.4) is 0 Å². The summed E-state index contributed by atoms with van der Waals surface area (Å²) in [5.41, 5.74) is 0.0795. The molecule has 1 saturated carbocycles. The first-order valence-electron chi connectivity index (χ1n) is 7.61. The molecule has 21 heavy (non-hydrogen) atoms. The van der Waals surface area contributed by atoms with E-state index in [-0.39, 0.29) is 17.3 Å². The SMILES string of the molecule is CCC1CNC(C)(C2CC2)CN1c1c(F)cc(Br)cc1F. The van der Waals surface area contributed by atoms with Gasteiger partial charge in [0.2, 0.25) is 0 Å². The van der Waals surface area contributed by atoms with Crippen molar-refractivity contribution >= 4 is 21.6 Å². The highest BCUT2D eigenvalue weighted by molar-refractivity contribution is 9.10. The molecule has 2 atom stereocenters. The second kappa shape index (κ2) is 5.51. The van der Waals surface area contributed by atoms with E-state index in [9.17, 15) is 8.78 Å².